The van der Waals surface area contributed by atoms with Crippen molar-refractivity contribution in [2.24, 2.45) is 0 Å². The molecule has 1 aromatic carbocycles. The summed E-state index contributed by atoms with van der Waals surface area (Å²) in [5.74, 6) is -0.850. The first-order valence-corrected chi connectivity index (χ1v) is 5.01. The van der Waals surface area contributed by atoms with Crippen LogP contribution >= 0.6 is 11.6 Å². The molecule has 15 heavy (non-hydrogen) atoms. The molecule has 0 heterocycles. The number of aliphatic hydroxyl groups excluding tert-OH is 1. The molecule has 0 spiro atoms. The Labute approximate surface area is 92.7 Å². The third-order valence-electron chi connectivity index (χ3n) is 2.23. The van der Waals surface area contributed by atoms with Crippen LogP contribution in [0.1, 0.15) is 30.6 Å². The standard InChI is InChI=1S/C11H12ClFO2/c1-3-10(14)11(15)7-5-9(13)6(2)4-8(7)12/h4-5,11,15H,3H2,1-2H3. The zero-order valence-corrected chi connectivity index (χ0v) is 9.31. The normalized spacial score (nSPS) is 12.6. The maximum Gasteiger partial charge on any atom is 0.165 e. The molecule has 1 atom stereocenters. The Bertz CT molecular complexity index is 390. The van der Waals surface area contributed by atoms with Crippen molar-refractivity contribution in [3.63, 3.8) is 0 Å². The Morgan fingerprint density at radius 1 is 1.60 bits per heavy atom. The molecule has 0 aliphatic heterocycles. The van der Waals surface area contributed by atoms with Crippen LogP contribution in [0.25, 0.3) is 0 Å². The maximum absolute atomic E-state index is 13.2. The van der Waals surface area contributed by atoms with Gasteiger partial charge in [-0.2, -0.15) is 0 Å². The van der Waals surface area contributed by atoms with Crippen LogP contribution in [0.5, 0.6) is 0 Å². The van der Waals surface area contributed by atoms with Crippen LogP contribution in [0.2, 0.25) is 5.02 Å². The Hall–Kier alpha value is -0.930. The molecule has 0 saturated heterocycles. The summed E-state index contributed by atoms with van der Waals surface area (Å²) in [5.41, 5.74) is 0.520. The van der Waals surface area contributed by atoms with Crippen molar-refractivity contribution in [1.29, 1.82) is 0 Å². The molecule has 1 aromatic rings. The van der Waals surface area contributed by atoms with Crippen LogP contribution in [-0.2, 0) is 4.79 Å². The van der Waals surface area contributed by atoms with Crippen molar-refractivity contribution in [2.75, 3.05) is 0 Å². The van der Waals surface area contributed by atoms with Gasteiger partial charge in [0.1, 0.15) is 11.9 Å². The van der Waals surface area contributed by atoms with Crippen LogP contribution in [0.15, 0.2) is 12.1 Å². The molecule has 1 rings (SSSR count). The smallest absolute Gasteiger partial charge is 0.165 e. The van der Waals surface area contributed by atoms with Crippen molar-refractivity contribution >= 4 is 17.4 Å². The molecule has 0 aromatic heterocycles. The van der Waals surface area contributed by atoms with E-state index in [0.29, 0.717) is 5.56 Å². The lowest BCUT2D eigenvalue weighted by atomic mass is 10.0. The fraction of sp³-hybridized carbons (Fsp3) is 0.364. The van der Waals surface area contributed by atoms with Crippen LogP contribution in [0.3, 0.4) is 0 Å². The van der Waals surface area contributed by atoms with Crippen molar-refractivity contribution < 1.29 is 14.3 Å². The molecule has 0 aliphatic carbocycles. The number of hydrogen-bond acceptors (Lipinski definition) is 2. The van der Waals surface area contributed by atoms with Gasteiger partial charge in [0.25, 0.3) is 0 Å². The largest absolute Gasteiger partial charge is 0.380 e. The lowest BCUT2D eigenvalue weighted by molar-refractivity contribution is -0.127. The van der Waals surface area contributed by atoms with Gasteiger partial charge in [0.15, 0.2) is 5.78 Å². The van der Waals surface area contributed by atoms with Gasteiger partial charge in [-0.3, -0.25) is 4.79 Å². The maximum atomic E-state index is 13.2. The fourth-order valence-corrected chi connectivity index (χ4v) is 1.56. The molecule has 0 aliphatic rings. The first-order valence-electron chi connectivity index (χ1n) is 4.63. The predicted molar refractivity (Wildman–Crippen MR) is 56.4 cm³/mol. The van der Waals surface area contributed by atoms with E-state index in [-0.39, 0.29) is 22.8 Å². The molecule has 0 saturated carbocycles. The van der Waals surface area contributed by atoms with Crippen LogP contribution < -0.4 is 0 Å². The lowest BCUT2D eigenvalue weighted by Gasteiger charge is -2.11. The Morgan fingerprint density at radius 3 is 2.73 bits per heavy atom. The van der Waals surface area contributed by atoms with Crippen LogP contribution in [0, 0.1) is 12.7 Å². The Balaban J connectivity index is 3.14. The van der Waals surface area contributed by atoms with Gasteiger partial charge in [0.2, 0.25) is 0 Å². The average molecular weight is 231 g/mol. The van der Waals surface area contributed by atoms with E-state index in [1.165, 1.54) is 6.07 Å². The highest BCUT2D eigenvalue weighted by atomic mass is 35.5. The van der Waals surface area contributed by atoms with Gasteiger partial charge in [-0.25, -0.2) is 4.39 Å². The number of halogens is 2. The third-order valence-corrected chi connectivity index (χ3v) is 2.55. The zero-order valence-electron chi connectivity index (χ0n) is 8.55. The molecule has 2 nitrogen and oxygen atoms in total. The first kappa shape index (κ1) is 12.1. The van der Waals surface area contributed by atoms with Gasteiger partial charge in [-0.05, 0) is 24.6 Å². The number of benzene rings is 1. The molecular formula is C11H12ClFO2. The summed E-state index contributed by atoms with van der Waals surface area (Å²) in [4.78, 5) is 11.2. The SMILES string of the molecule is CCC(=O)C(O)c1cc(F)c(C)cc1Cl. The summed E-state index contributed by atoms with van der Waals surface area (Å²) in [5, 5.41) is 9.80. The summed E-state index contributed by atoms with van der Waals surface area (Å²) in [6.45, 7) is 3.20. The highest BCUT2D eigenvalue weighted by molar-refractivity contribution is 6.31. The second kappa shape index (κ2) is 4.73. The number of aliphatic hydroxyl groups is 1. The molecule has 0 bridgehead atoms. The van der Waals surface area contributed by atoms with Gasteiger partial charge in [-0.1, -0.05) is 18.5 Å². The summed E-state index contributed by atoms with van der Waals surface area (Å²) in [7, 11) is 0. The zero-order chi connectivity index (χ0) is 11.6. The average Bonchev–Trinajstić information content (AvgIpc) is 2.21. The predicted octanol–water partition coefficient (Wildman–Crippen LogP) is 2.80. The molecule has 4 heteroatoms. The van der Waals surface area contributed by atoms with E-state index in [0.717, 1.165) is 6.07 Å². The lowest BCUT2D eigenvalue weighted by Crippen LogP contribution is -2.11. The quantitative estimate of drug-likeness (QED) is 0.867. The highest BCUT2D eigenvalue weighted by Crippen LogP contribution is 2.27. The highest BCUT2D eigenvalue weighted by Gasteiger charge is 2.19. The fourth-order valence-electron chi connectivity index (χ4n) is 1.24. The molecule has 82 valence electrons. The van der Waals surface area contributed by atoms with E-state index in [1.54, 1.807) is 13.8 Å². The number of hydrogen-bond donors (Lipinski definition) is 1. The first-order chi connectivity index (χ1) is 6.97. The van der Waals surface area contributed by atoms with Gasteiger partial charge in [0, 0.05) is 17.0 Å². The van der Waals surface area contributed by atoms with Crippen molar-refractivity contribution in [1.82, 2.24) is 0 Å². The number of rotatable bonds is 3. The summed E-state index contributed by atoms with van der Waals surface area (Å²) in [6, 6.07) is 2.51. The van der Waals surface area contributed by atoms with Crippen LogP contribution in [0.4, 0.5) is 4.39 Å². The van der Waals surface area contributed by atoms with Gasteiger partial charge in [-0.15, -0.1) is 0 Å². The van der Waals surface area contributed by atoms with E-state index in [4.69, 9.17) is 11.6 Å². The summed E-state index contributed by atoms with van der Waals surface area (Å²) in [6.07, 6.45) is -1.15. The molecule has 1 N–H and O–H groups in total. The van der Waals surface area contributed by atoms with E-state index in [2.05, 4.69) is 0 Å². The Morgan fingerprint density at radius 2 is 2.20 bits per heavy atom. The van der Waals surface area contributed by atoms with Gasteiger partial charge in [0.05, 0.1) is 0 Å². The van der Waals surface area contributed by atoms with Crippen molar-refractivity contribution in [3.8, 4) is 0 Å². The monoisotopic (exact) mass is 230 g/mol. The number of carbonyl (C=O) groups excluding carboxylic acids is 1. The second-order valence-corrected chi connectivity index (χ2v) is 3.75. The van der Waals surface area contributed by atoms with E-state index in [9.17, 15) is 14.3 Å². The Kier molecular flexibility index (Phi) is 3.83. The second-order valence-electron chi connectivity index (χ2n) is 3.35. The topological polar surface area (TPSA) is 37.3 Å². The van der Waals surface area contributed by atoms with Crippen molar-refractivity contribution in [2.45, 2.75) is 26.4 Å². The molecule has 0 fully saturated rings. The summed E-state index contributed by atoms with van der Waals surface area (Å²) >= 11 is 5.82. The van der Waals surface area contributed by atoms with Gasteiger partial charge < -0.3 is 5.11 Å². The number of carbonyl (C=O) groups is 1. The number of aryl methyl sites for hydroxylation is 1. The molecule has 1 unspecified atom stereocenters. The minimum atomic E-state index is -1.34. The van der Waals surface area contributed by atoms with E-state index < -0.39 is 11.9 Å². The molecule has 0 amide bonds. The minimum Gasteiger partial charge on any atom is -0.380 e. The number of Topliss-reactive ketones (excluding diaryl/α,β-unsaturated/α-hetero) is 1. The third kappa shape index (κ3) is 2.55. The van der Waals surface area contributed by atoms with Crippen molar-refractivity contribution in [3.05, 3.63) is 34.1 Å². The molecule has 0 radical (unpaired) electrons. The summed E-state index contributed by atoms with van der Waals surface area (Å²) < 4.78 is 13.2. The molecular weight excluding hydrogens is 219 g/mol. The number of ketones is 1. The van der Waals surface area contributed by atoms with Crippen LogP contribution in [-0.4, -0.2) is 10.9 Å². The van der Waals surface area contributed by atoms with Gasteiger partial charge >= 0.3 is 0 Å². The van der Waals surface area contributed by atoms with E-state index >= 15 is 0 Å². The van der Waals surface area contributed by atoms with E-state index in [1.807, 2.05) is 0 Å². The minimum absolute atomic E-state index is 0.131.